The molecule has 1 aliphatic rings. The molecule has 3 aromatic rings. The van der Waals surface area contributed by atoms with E-state index in [1.54, 1.807) is 42.5 Å². The number of anilines is 1. The second-order valence-electron chi connectivity index (χ2n) is 7.79. The lowest BCUT2D eigenvalue weighted by atomic mass is 10.1. The number of benzene rings is 3. The highest BCUT2D eigenvalue weighted by Gasteiger charge is 2.39. The third kappa shape index (κ3) is 5.35. The van der Waals surface area contributed by atoms with Crippen LogP contribution in [0.3, 0.4) is 0 Å². The van der Waals surface area contributed by atoms with Crippen molar-refractivity contribution >= 4 is 17.3 Å². The maximum absolute atomic E-state index is 13.1. The van der Waals surface area contributed by atoms with E-state index in [0.29, 0.717) is 22.8 Å². The Morgan fingerprint density at radius 1 is 0.906 bits per heavy atom. The van der Waals surface area contributed by atoms with Crippen molar-refractivity contribution in [3.63, 3.8) is 0 Å². The van der Waals surface area contributed by atoms with Gasteiger partial charge in [0.1, 0.15) is 11.6 Å². The monoisotopic (exact) mass is 428 g/mol. The van der Waals surface area contributed by atoms with Crippen molar-refractivity contribution in [1.82, 2.24) is 5.32 Å². The minimum Gasteiger partial charge on any atom is -0.398 e. The summed E-state index contributed by atoms with van der Waals surface area (Å²) in [4.78, 5) is 12.7. The lowest BCUT2D eigenvalue weighted by Gasteiger charge is -2.09. The smallest absolute Gasteiger partial charge is 0.251 e. The van der Waals surface area contributed by atoms with Crippen molar-refractivity contribution < 1.29 is 9.18 Å². The van der Waals surface area contributed by atoms with E-state index in [-0.39, 0.29) is 23.7 Å². The fraction of sp³-hybridized carbons (Fsp3) is 0.115. The number of amides is 1. The third-order valence-corrected chi connectivity index (χ3v) is 5.37. The van der Waals surface area contributed by atoms with Crippen LogP contribution in [0, 0.1) is 5.82 Å². The lowest BCUT2D eigenvalue weighted by Crippen LogP contribution is -2.26. The largest absolute Gasteiger partial charge is 0.398 e. The zero-order valence-electron chi connectivity index (χ0n) is 17.5. The number of hydrogen-bond acceptors (Lipinski definition) is 4. The molecule has 1 fully saturated rings. The predicted molar refractivity (Wildman–Crippen MR) is 126 cm³/mol. The Morgan fingerprint density at radius 3 is 2.38 bits per heavy atom. The molecular weight excluding hydrogens is 403 g/mol. The molecule has 0 spiro atoms. The molecule has 6 heteroatoms. The van der Waals surface area contributed by atoms with E-state index >= 15 is 0 Å². The molecule has 6 N–H and O–H groups in total. The molecule has 0 bridgehead atoms. The molecule has 3 aromatic carbocycles. The zero-order chi connectivity index (χ0) is 22.5. The first kappa shape index (κ1) is 21.2. The van der Waals surface area contributed by atoms with Gasteiger partial charge >= 0.3 is 0 Å². The summed E-state index contributed by atoms with van der Waals surface area (Å²) < 4.78 is 13.1. The van der Waals surface area contributed by atoms with Crippen molar-refractivity contribution in [3.8, 4) is 0 Å². The Labute approximate surface area is 186 Å². The quantitative estimate of drug-likeness (QED) is 0.422. The van der Waals surface area contributed by atoms with Gasteiger partial charge in [-0.15, -0.1) is 0 Å². The maximum atomic E-state index is 13.1. The molecule has 162 valence electrons. The minimum atomic E-state index is -0.258. The third-order valence-electron chi connectivity index (χ3n) is 5.37. The van der Waals surface area contributed by atoms with Crippen LogP contribution >= 0.6 is 0 Å². The number of hydrogen-bond donors (Lipinski definition) is 4. The summed E-state index contributed by atoms with van der Waals surface area (Å²) in [6, 6.07) is 23.2. The van der Waals surface area contributed by atoms with Gasteiger partial charge in [0.25, 0.3) is 5.91 Å². The Morgan fingerprint density at radius 2 is 1.62 bits per heavy atom. The van der Waals surface area contributed by atoms with Gasteiger partial charge in [-0.25, -0.2) is 4.39 Å². The number of halogens is 1. The van der Waals surface area contributed by atoms with Crippen LogP contribution in [-0.2, 0) is 0 Å². The SMILES string of the molecule is N/C(=C\C=C(/N)Nc1cccc(C(=O)N[C@@H]2C[C@H]2c2ccc(F)cc2)c1)c1ccccc1. The van der Waals surface area contributed by atoms with E-state index in [4.69, 9.17) is 11.5 Å². The van der Waals surface area contributed by atoms with Crippen LogP contribution in [-0.4, -0.2) is 11.9 Å². The van der Waals surface area contributed by atoms with Gasteiger partial charge in [-0.1, -0.05) is 48.5 Å². The highest BCUT2D eigenvalue weighted by Crippen LogP contribution is 2.40. The van der Waals surface area contributed by atoms with Crippen molar-refractivity contribution in [2.45, 2.75) is 18.4 Å². The van der Waals surface area contributed by atoms with Crippen LogP contribution in [0.2, 0.25) is 0 Å². The minimum absolute atomic E-state index is 0.0561. The molecule has 0 radical (unpaired) electrons. The first-order valence-electron chi connectivity index (χ1n) is 10.4. The number of rotatable bonds is 7. The van der Waals surface area contributed by atoms with Gasteiger partial charge in [0.15, 0.2) is 0 Å². The summed E-state index contributed by atoms with van der Waals surface area (Å²) in [7, 11) is 0. The maximum Gasteiger partial charge on any atom is 0.251 e. The highest BCUT2D eigenvalue weighted by atomic mass is 19.1. The Bertz CT molecular complexity index is 1160. The number of carbonyl (C=O) groups excluding carboxylic acids is 1. The number of nitrogens with two attached hydrogens (primary N) is 2. The Kier molecular flexibility index (Phi) is 6.22. The molecule has 0 aromatic heterocycles. The lowest BCUT2D eigenvalue weighted by molar-refractivity contribution is 0.0950. The molecule has 1 saturated carbocycles. The molecule has 5 nitrogen and oxygen atoms in total. The summed E-state index contributed by atoms with van der Waals surface area (Å²) in [5, 5.41) is 6.12. The molecule has 4 rings (SSSR count). The van der Waals surface area contributed by atoms with Crippen molar-refractivity contribution in [2.75, 3.05) is 5.32 Å². The fourth-order valence-electron chi connectivity index (χ4n) is 3.54. The number of allylic oxidation sites excluding steroid dienone is 2. The van der Waals surface area contributed by atoms with Crippen molar-refractivity contribution in [1.29, 1.82) is 0 Å². The first-order valence-corrected chi connectivity index (χ1v) is 10.4. The normalized spacial score (nSPS) is 18.2. The summed E-state index contributed by atoms with van der Waals surface area (Å²) >= 11 is 0. The van der Waals surface area contributed by atoms with Crippen LogP contribution < -0.4 is 22.1 Å². The van der Waals surface area contributed by atoms with Crippen LogP contribution in [0.1, 0.15) is 33.8 Å². The molecular formula is C26H25FN4O. The van der Waals surface area contributed by atoms with Gasteiger partial charge in [0, 0.05) is 28.9 Å². The number of nitrogens with one attached hydrogen (secondary N) is 2. The highest BCUT2D eigenvalue weighted by molar-refractivity contribution is 5.95. The Hall–Kier alpha value is -4.06. The van der Waals surface area contributed by atoms with Gasteiger partial charge in [0.2, 0.25) is 0 Å². The second-order valence-corrected chi connectivity index (χ2v) is 7.79. The van der Waals surface area contributed by atoms with E-state index in [2.05, 4.69) is 10.6 Å². The van der Waals surface area contributed by atoms with Gasteiger partial charge in [-0.05, 0) is 60.0 Å². The molecule has 0 unspecified atom stereocenters. The van der Waals surface area contributed by atoms with Gasteiger partial charge in [-0.3, -0.25) is 4.79 Å². The molecule has 2 atom stereocenters. The molecule has 0 saturated heterocycles. The summed E-state index contributed by atoms with van der Waals surface area (Å²) in [5.41, 5.74) is 15.9. The number of carbonyl (C=O) groups is 1. The van der Waals surface area contributed by atoms with Gasteiger partial charge < -0.3 is 22.1 Å². The average molecular weight is 429 g/mol. The van der Waals surface area contributed by atoms with Crippen LogP contribution in [0.5, 0.6) is 0 Å². The van der Waals surface area contributed by atoms with Crippen LogP contribution in [0.4, 0.5) is 10.1 Å². The standard InChI is InChI=1S/C26H25FN4O/c27-20-11-9-17(10-12-20)22-16-24(22)31-26(32)19-7-4-8-21(15-19)30-25(29)14-13-23(28)18-5-2-1-3-6-18/h1-15,22,24,30H,16,28-29H2,(H,31,32)/b23-13-,25-14+/t22-,24+/m0/s1. The molecule has 0 heterocycles. The molecule has 1 aliphatic carbocycles. The predicted octanol–water partition coefficient (Wildman–Crippen LogP) is 4.32. The van der Waals surface area contributed by atoms with Gasteiger partial charge in [0.05, 0.1) is 0 Å². The average Bonchev–Trinajstić information content (AvgIpc) is 3.57. The van der Waals surface area contributed by atoms with E-state index in [0.717, 1.165) is 17.5 Å². The molecule has 1 amide bonds. The van der Waals surface area contributed by atoms with E-state index < -0.39 is 0 Å². The van der Waals surface area contributed by atoms with Crippen molar-refractivity contribution in [2.24, 2.45) is 11.5 Å². The van der Waals surface area contributed by atoms with Crippen LogP contribution in [0.25, 0.3) is 5.70 Å². The fourth-order valence-corrected chi connectivity index (χ4v) is 3.54. The first-order chi connectivity index (χ1) is 15.5. The summed E-state index contributed by atoms with van der Waals surface area (Å²) in [5.74, 6) is 0.214. The Balaban J connectivity index is 1.36. The van der Waals surface area contributed by atoms with E-state index in [1.807, 2.05) is 36.4 Å². The summed E-state index contributed by atoms with van der Waals surface area (Å²) in [6.07, 6.45) is 4.27. The van der Waals surface area contributed by atoms with Gasteiger partial charge in [-0.2, -0.15) is 0 Å². The molecule has 32 heavy (non-hydrogen) atoms. The topological polar surface area (TPSA) is 93.2 Å². The second kappa shape index (κ2) is 9.39. The van der Waals surface area contributed by atoms with E-state index in [1.165, 1.54) is 12.1 Å². The molecule has 0 aliphatic heterocycles. The summed E-state index contributed by atoms with van der Waals surface area (Å²) in [6.45, 7) is 0. The van der Waals surface area contributed by atoms with Crippen molar-refractivity contribution in [3.05, 3.63) is 119 Å². The van der Waals surface area contributed by atoms with Crippen LogP contribution in [0.15, 0.2) is 96.8 Å². The zero-order valence-corrected chi connectivity index (χ0v) is 17.5. The van der Waals surface area contributed by atoms with E-state index in [9.17, 15) is 9.18 Å².